The van der Waals surface area contributed by atoms with E-state index in [4.69, 9.17) is 4.42 Å². The van der Waals surface area contributed by atoms with Crippen LogP contribution in [-0.2, 0) is 27.7 Å². The number of sulfonamides is 1. The molecule has 2 heterocycles. The van der Waals surface area contributed by atoms with Gasteiger partial charge in [-0.05, 0) is 54.2 Å². The number of para-hydroxylation sites is 1. The summed E-state index contributed by atoms with van der Waals surface area (Å²) in [6.07, 6.45) is 4.81. The quantitative estimate of drug-likeness (QED) is 0.283. The van der Waals surface area contributed by atoms with Crippen molar-refractivity contribution < 1.29 is 22.7 Å². The number of fused-ring (bicyclic) bond motifs is 1. The van der Waals surface area contributed by atoms with Crippen molar-refractivity contribution in [2.24, 2.45) is 0 Å². The fourth-order valence-electron chi connectivity index (χ4n) is 5.13. The zero-order valence-corrected chi connectivity index (χ0v) is 21.7. The lowest BCUT2D eigenvalue weighted by molar-refractivity contribution is -0.140. The van der Waals surface area contributed by atoms with Crippen LogP contribution in [0, 0.1) is 0 Å². The van der Waals surface area contributed by atoms with Crippen LogP contribution in [0.3, 0.4) is 0 Å². The number of hydrogen-bond donors (Lipinski definition) is 1. The van der Waals surface area contributed by atoms with Gasteiger partial charge >= 0.3 is 5.97 Å². The van der Waals surface area contributed by atoms with E-state index in [1.807, 2.05) is 30.3 Å². The molecule has 0 aliphatic carbocycles. The molecule has 0 bridgehead atoms. The first-order valence-electron chi connectivity index (χ1n) is 12.8. The van der Waals surface area contributed by atoms with Gasteiger partial charge in [0.1, 0.15) is 17.4 Å². The molecule has 1 fully saturated rings. The molecule has 0 unspecified atom stereocenters. The third-order valence-electron chi connectivity index (χ3n) is 7.16. The predicted molar refractivity (Wildman–Crippen MR) is 144 cm³/mol. The molecule has 1 saturated heterocycles. The Kier molecular flexibility index (Phi) is 7.17. The van der Waals surface area contributed by atoms with E-state index < -0.39 is 22.0 Å². The first-order valence-corrected chi connectivity index (χ1v) is 14.3. The summed E-state index contributed by atoms with van der Waals surface area (Å²) in [6.45, 7) is 2.41. The van der Waals surface area contributed by atoms with Gasteiger partial charge in [-0.2, -0.15) is 4.31 Å². The van der Waals surface area contributed by atoms with Gasteiger partial charge in [0.25, 0.3) is 0 Å². The van der Waals surface area contributed by atoms with E-state index in [0.717, 1.165) is 57.8 Å². The average molecular weight is 518 g/mol. The van der Waals surface area contributed by atoms with E-state index >= 15 is 0 Å². The summed E-state index contributed by atoms with van der Waals surface area (Å²) in [5.41, 5.74) is 5.24. The molecule has 0 spiro atoms. The molecule has 1 aromatic heterocycles. The van der Waals surface area contributed by atoms with Gasteiger partial charge in [0.15, 0.2) is 0 Å². The molecule has 0 amide bonds. The fraction of sp³-hybridized carbons (Fsp3) is 0.300. The van der Waals surface area contributed by atoms with E-state index in [9.17, 15) is 18.3 Å². The molecule has 7 heteroatoms. The van der Waals surface area contributed by atoms with Gasteiger partial charge in [-0.25, -0.2) is 8.42 Å². The molecule has 4 aromatic rings. The van der Waals surface area contributed by atoms with Crippen molar-refractivity contribution >= 4 is 27.0 Å². The Balaban J connectivity index is 1.35. The Bertz CT molecular complexity index is 1500. The van der Waals surface area contributed by atoms with Crippen molar-refractivity contribution in [3.8, 4) is 11.1 Å². The lowest BCUT2D eigenvalue weighted by Crippen LogP contribution is -2.40. The summed E-state index contributed by atoms with van der Waals surface area (Å²) < 4.78 is 33.4. The van der Waals surface area contributed by atoms with Crippen molar-refractivity contribution in [2.45, 2.75) is 56.4 Å². The number of nitrogens with zero attached hydrogens (tertiary/aromatic N) is 1. The SMILES string of the molecule is CCCCc1oc2ccccc2c1Cc1ccc(-c2ccc(S(=O)(=O)N3CCC[C@H]3C(=O)O)cc2)cc1. The highest BCUT2D eigenvalue weighted by molar-refractivity contribution is 7.89. The molecule has 1 atom stereocenters. The second kappa shape index (κ2) is 10.5. The van der Waals surface area contributed by atoms with Gasteiger partial charge in [-0.3, -0.25) is 4.79 Å². The van der Waals surface area contributed by atoms with Crippen LogP contribution in [0.1, 0.15) is 49.5 Å². The Morgan fingerprint density at radius 2 is 1.68 bits per heavy atom. The lowest BCUT2D eigenvalue weighted by Gasteiger charge is -2.21. The number of rotatable bonds is 9. The van der Waals surface area contributed by atoms with Crippen LogP contribution in [0.15, 0.2) is 82.1 Å². The highest BCUT2D eigenvalue weighted by Gasteiger charge is 2.39. The topological polar surface area (TPSA) is 87.8 Å². The summed E-state index contributed by atoms with van der Waals surface area (Å²) in [5.74, 6) is -0.0363. The third-order valence-corrected chi connectivity index (χ3v) is 9.08. The van der Waals surface area contributed by atoms with Crippen LogP contribution in [0.2, 0.25) is 0 Å². The fourth-order valence-corrected chi connectivity index (χ4v) is 6.78. The summed E-state index contributed by atoms with van der Waals surface area (Å²) in [7, 11) is -3.85. The highest BCUT2D eigenvalue weighted by atomic mass is 32.2. The molecule has 192 valence electrons. The molecule has 6 nitrogen and oxygen atoms in total. The molecule has 1 N–H and O–H groups in total. The zero-order chi connectivity index (χ0) is 26.0. The standard InChI is InChI=1S/C30H31NO5S/c1-2-3-9-29-26(25-7-4-5-10-28(25)36-29)20-21-11-13-22(14-12-21)23-15-17-24(18-16-23)37(34,35)31-19-6-8-27(31)30(32)33/h4-5,7,10-18,27H,2-3,6,8-9,19-20H2,1H3,(H,32,33)/t27-/m0/s1. The number of carbonyl (C=O) groups is 1. The first kappa shape index (κ1) is 25.2. The minimum absolute atomic E-state index is 0.118. The van der Waals surface area contributed by atoms with Crippen LogP contribution in [0.5, 0.6) is 0 Å². The van der Waals surface area contributed by atoms with E-state index in [1.54, 1.807) is 24.3 Å². The van der Waals surface area contributed by atoms with Gasteiger partial charge < -0.3 is 9.52 Å². The van der Waals surface area contributed by atoms with E-state index in [-0.39, 0.29) is 11.4 Å². The van der Waals surface area contributed by atoms with Gasteiger partial charge in [0, 0.05) is 30.3 Å². The van der Waals surface area contributed by atoms with Crippen LogP contribution in [0.4, 0.5) is 0 Å². The molecule has 0 saturated carbocycles. The van der Waals surface area contributed by atoms with Crippen molar-refractivity contribution in [1.82, 2.24) is 4.31 Å². The van der Waals surface area contributed by atoms with Gasteiger partial charge in [-0.15, -0.1) is 0 Å². The molecule has 3 aromatic carbocycles. The predicted octanol–water partition coefficient (Wildman–Crippen LogP) is 6.27. The largest absolute Gasteiger partial charge is 0.480 e. The maximum atomic E-state index is 13.0. The summed E-state index contributed by atoms with van der Waals surface area (Å²) in [5, 5.41) is 10.5. The number of aryl methyl sites for hydroxylation is 1. The molecule has 37 heavy (non-hydrogen) atoms. The van der Waals surface area contributed by atoms with Crippen molar-refractivity contribution in [3.63, 3.8) is 0 Å². The number of furan rings is 1. The Morgan fingerprint density at radius 1 is 1.00 bits per heavy atom. The second-order valence-corrected chi connectivity index (χ2v) is 11.5. The van der Waals surface area contributed by atoms with Crippen molar-refractivity contribution in [2.75, 3.05) is 6.54 Å². The minimum Gasteiger partial charge on any atom is -0.480 e. The van der Waals surface area contributed by atoms with Crippen molar-refractivity contribution in [3.05, 3.63) is 89.7 Å². The van der Waals surface area contributed by atoms with Gasteiger partial charge in [0.2, 0.25) is 10.0 Å². The van der Waals surface area contributed by atoms with Gasteiger partial charge in [0.05, 0.1) is 4.90 Å². The number of hydrogen-bond acceptors (Lipinski definition) is 4. The van der Waals surface area contributed by atoms with Crippen LogP contribution >= 0.6 is 0 Å². The van der Waals surface area contributed by atoms with E-state index in [2.05, 4.69) is 25.1 Å². The maximum absolute atomic E-state index is 13.0. The zero-order valence-electron chi connectivity index (χ0n) is 20.9. The second-order valence-electron chi connectivity index (χ2n) is 9.61. The molecule has 0 radical (unpaired) electrons. The Hall–Kier alpha value is -3.42. The van der Waals surface area contributed by atoms with Crippen LogP contribution < -0.4 is 0 Å². The molecule has 1 aliphatic heterocycles. The summed E-state index contributed by atoms with van der Waals surface area (Å²) >= 11 is 0. The van der Waals surface area contributed by atoms with Crippen LogP contribution in [-0.4, -0.2) is 36.4 Å². The van der Waals surface area contributed by atoms with Crippen molar-refractivity contribution in [1.29, 1.82) is 0 Å². The van der Waals surface area contributed by atoms with Crippen LogP contribution in [0.25, 0.3) is 22.1 Å². The molecular formula is C30H31NO5S. The maximum Gasteiger partial charge on any atom is 0.322 e. The monoisotopic (exact) mass is 517 g/mol. The summed E-state index contributed by atoms with van der Waals surface area (Å²) in [4.78, 5) is 11.6. The highest BCUT2D eigenvalue weighted by Crippen LogP contribution is 2.31. The minimum atomic E-state index is -3.85. The third kappa shape index (κ3) is 5.06. The number of aliphatic carboxylic acids is 1. The number of benzene rings is 3. The average Bonchev–Trinajstić information content (AvgIpc) is 3.54. The molecule has 5 rings (SSSR count). The smallest absolute Gasteiger partial charge is 0.322 e. The molecule has 1 aliphatic rings. The van der Waals surface area contributed by atoms with E-state index in [1.165, 1.54) is 11.1 Å². The van der Waals surface area contributed by atoms with E-state index in [0.29, 0.717) is 12.8 Å². The Morgan fingerprint density at radius 3 is 2.35 bits per heavy atom. The molecular weight excluding hydrogens is 486 g/mol. The summed E-state index contributed by atoms with van der Waals surface area (Å²) in [6, 6.07) is 22.2. The number of carboxylic acids is 1. The number of carboxylic acid groups (broad SMARTS) is 1. The number of unbranched alkanes of at least 4 members (excludes halogenated alkanes) is 1. The normalized spacial score (nSPS) is 16.4. The van der Waals surface area contributed by atoms with Gasteiger partial charge in [-0.1, -0.05) is 67.9 Å². The first-order chi connectivity index (χ1) is 17.9. The Labute approximate surface area is 217 Å². The lowest BCUT2D eigenvalue weighted by atomic mass is 9.97.